The second-order valence-electron chi connectivity index (χ2n) is 9.35. The number of amides is 3. The molecule has 6 rings (SSSR count). The third kappa shape index (κ3) is 3.08. The van der Waals surface area contributed by atoms with E-state index in [2.05, 4.69) is 33.1 Å². The zero-order valence-corrected chi connectivity index (χ0v) is 18.6. The fourth-order valence-electron chi connectivity index (χ4n) is 5.68. The van der Waals surface area contributed by atoms with Crippen LogP contribution < -0.4 is 10.1 Å². The van der Waals surface area contributed by atoms with Crippen molar-refractivity contribution in [3.63, 3.8) is 0 Å². The van der Waals surface area contributed by atoms with Crippen LogP contribution in [-0.4, -0.2) is 53.3 Å². The Morgan fingerprint density at radius 1 is 1.16 bits per heavy atom. The third-order valence-electron chi connectivity index (χ3n) is 7.53. The molecule has 0 bridgehead atoms. The van der Waals surface area contributed by atoms with Gasteiger partial charge in [-0.3, -0.25) is 24.6 Å². The summed E-state index contributed by atoms with van der Waals surface area (Å²) in [7, 11) is 0. The molecule has 2 aromatic rings. The number of fused-ring (bicyclic) bond motifs is 4. The number of carbonyl (C=O) groups is 3. The number of hydrogen-bond donors (Lipinski definition) is 1. The minimum Gasteiger partial charge on any atom is -0.492 e. The van der Waals surface area contributed by atoms with Crippen molar-refractivity contribution in [3.8, 4) is 5.75 Å². The van der Waals surface area contributed by atoms with Crippen LogP contribution in [0.3, 0.4) is 0 Å². The van der Waals surface area contributed by atoms with Gasteiger partial charge in [-0.15, -0.1) is 0 Å². The molecule has 32 heavy (non-hydrogen) atoms. The van der Waals surface area contributed by atoms with Gasteiger partial charge in [0.1, 0.15) is 11.8 Å². The number of benzene rings is 1. The summed E-state index contributed by atoms with van der Waals surface area (Å²) in [4.78, 5) is 41.1. The first-order chi connectivity index (χ1) is 15.5. The molecule has 3 amide bonds. The van der Waals surface area contributed by atoms with Crippen LogP contribution in [0, 0.1) is 0 Å². The van der Waals surface area contributed by atoms with Gasteiger partial charge in [-0.2, -0.15) is 11.3 Å². The molecule has 1 N–H and O–H groups in total. The number of piperidine rings is 2. The van der Waals surface area contributed by atoms with Crippen molar-refractivity contribution in [3.05, 3.63) is 51.2 Å². The standard InChI is InChI=1S/C24H25N3O4S/c28-20-4-3-19(22(29)25-20)27-12-17-16(23(27)30)1-2-18-21(17)31-14-24(18)6-8-26(9-7-24)11-15-5-10-32-13-15/h1-2,5,10,13,19H,3-4,6-9,11-12,14H2,(H,25,28,29). The van der Waals surface area contributed by atoms with Crippen molar-refractivity contribution in [1.82, 2.24) is 15.1 Å². The lowest BCUT2D eigenvalue weighted by Gasteiger charge is -2.38. The molecule has 4 aliphatic rings. The number of nitrogens with zero attached hydrogens (tertiary/aromatic N) is 2. The lowest BCUT2D eigenvalue weighted by atomic mass is 9.74. The van der Waals surface area contributed by atoms with Crippen molar-refractivity contribution in [2.75, 3.05) is 19.7 Å². The summed E-state index contributed by atoms with van der Waals surface area (Å²) >= 11 is 1.74. The highest BCUT2D eigenvalue weighted by atomic mass is 32.1. The Hall–Kier alpha value is -2.71. The summed E-state index contributed by atoms with van der Waals surface area (Å²) < 4.78 is 6.25. The molecule has 4 aliphatic heterocycles. The SMILES string of the molecule is O=C1CCC(N2Cc3c(ccc4c3OCC43CCN(Cc4ccsc4)CC3)C2=O)C(=O)N1. The van der Waals surface area contributed by atoms with Gasteiger partial charge in [-0.05, 0) is 60.8 Å². The molecule has 0 radical (unpaired) electrons. The fourth-order valence-corrected chi connectivity index (χ4v) is 6.34. The number of hydrogen-bond acceptors (Lipinski definition) is 6. The largest absolute Gasteiger partial charge is 0.492 e. The number of likely N-dealkylation sites (tertiary alicyclic amines) is 1. The molecule has 7 nitrogen and oxygen atoms in total. The van der Waals surface area contributed by atoms with Gasteiger partial charge < -0.3 is 9.64 Å². The minimum absolute atomic E-state index is 0.000605. The van der Waals surface area contributed by atoms with Crippen LogP contribution in [0.15, 0.2) is 29.0 Å². The zero-order chi connectivity index (χ0) is 21.9. The van der Waals surface area contributed by atoms with Crippen LogP contribution >= 0.6 is 11.3 Å². The molecule has 166 valence electrons. The zero-order valence-electron chi connectivity index (χ0n) is 17.8. The maximum atomic E-state index is 13.1. The Morgan fingerprint density at radius 2 is 2.00 bits per heavy atom. The molecule has 8 heteroatoms. The van der Waals surface area contributed by atoms with Gasteiger partial charge in [0.25, 0.3) is 5.91 Å². The predicted molar refractivity (Wildman–Crippen MR) is 118 cm³/mol. The lowest BCUT2D eigenvalue weighted by Crippen LogP contribution is -2.52. The average Bonchev–Trinajstić information content (AvgIpc) is 3.50. The quantitative estimate of drug-likeness (QED) is 0.726. The maximum absolute atomic E-state index is 13.1. The van der Waals surface area contributed by atoms with E-state index in [9.17, 15) is 14.4 Å². The van der Waals surface area contributed by atoms with E-state index in [-0.39, 0.29) is 29.6 Å². The van der Waals surface area contributed by atoms with Gasteiger partial charge in [0.05, 0.1) is 13.2 Å². The number of carbonyl (C=O) groups excluding carboxylic acids is 3. The molecule has 1 aromatic carbocycles. The molecule has 2 fully saturated rings. The van der Waals surface area contributed by atoms with Gasteiger partial charge in [-0.25, -0.2) is 0 Å². The van der Waals surface area contributed by atoms with Crippen LogP contribution in [0.5, 0.6) is 5.75 Å². The molecule has 0 aliphatic carbocycles. The summed E-state index contributed by atoms with van der Waals surface area (Å²) in [5.41, 5.74) is 4.11. The normalized spacial score (nSPS) is 24.4. The van der Waals surface area contributed by atoms with Crippen molar-refractivity contribution < 1.29 is 19.1 Å². The van der Waals surface area contributed by atoms with Crippen LogP contribution in [0.25, 0.3) is 0 Å². The van der Waals surface area contributed by atoms with Crippen molar-refractivity contribution >= 4 is 29.1 Å². The first kappa shape index (κ1) is 19.9. The van der Waals surface area contributed by atoms with Gasteiger partial charge in [0.2, 0.25) is 11.8 Å². The summed E-state index contributed by atoms with van der Waals surface area (Å²) in [6.07, 6.45) is 2.70. The average molecular weight is 452 g/mol. The van der Waals surface area contributed by atoms with Gasteiger partial charge in [-0.1, -0.05) is 6.07 Å². The molecule has 5 heterocycles. The molecule has 2 saturated heterocycles. The van der Waals surface area contributed by atoms with Crippen molar-refractivity contribution in [2.24, 2.45) is 0 Å². The van der Waals surface area contributed by atoms with E-state index in [1.165, 1.54) is 11.1 Å². The fraction of sp³-hybridized carbons (Fsp3) is 0.458. The number of nitrogens with one attached hydrogen (secondary N) is 1. The van der Waals surface area contributed by atoms with E-state index >= 15 is 0 Å². The van der Waals surface area contributed by atoms with E-state index in [1.807, 2.05) is 6.07 Å². The molecule has 1 atom stereocenters. The summed E-state index contributed by atoms with van der Waals surface area (Å²) in [5, 5.41) is 6.71. The Bertz CT molecular complexity index is 1100. The summed E-state index contributed by atoms with van der Waals surface area (Å²) in [6, 6.07) is 5.58. The van der Waals surface area contributed by atoms with Gasteiger partial charge >= 0.3 is 0 Å². The predicted octanol–water partition coefficient (Wildman–Crippen LogP) is 2.44. The number of imide groups is 1. The third-order valence-corrected chi connectivity index (χ3v) is 8.26. The molecule has 1 unspecified atom stereocenters. The number of thiophene rings is 1. The molecule has 1 aromatic heterocycles. The van der Waals surface area contributed by atoms with Crippen LogP contribution in [0.1, 0.15) is 52.7 Å². The summed E-state index contributed by atoms with van der Waals surface area (Å²) in [5.74, 6) is 0.0470. The van der Waals surface area contributed by atoms with E-state index in [1.54, 1.807) is 16.2 Å². The van der Waals surface area contributed by atoms with E-state index < -0.39 is 6.04 Å². The van der Waals surface area contributed by atoms with Crippen molar-refractivity contribution in [1.29, 1.82) is 0 Å². The highest BCUT2D eigenvalue weighted by Gasteiger charge is 2.47. The smallest absolute Gasteiger partial charge is 0.255 e. The first-order valence-electron chi connectivity index (χ1n) is 11.2. The first-order valence-corrected chi connectivity index (χ1v) is 12.2. The minimum atomic E-state index is -0.598. The highest BCUT2D eigenvalue weighted by molar-refractivity contribution is 7.07. The van der Waals surface area contributed by atoms with E-state index in [0.29, 0.717) is 25.1 Å². The number of rotatable bonds is 3. The monoisotopic (exact) mass is 451 g/mol. The van der Waals surface area contributed by atoms with E-state index in [4.69, 9.17) is 4.74 Å². The second-order valence-corrected chi connectivity index (χ2v) is 10.1. The Labute approximate surface area is 190 Å². The Kier molecular flexibility index (Phi) is 4.62. The number of ether oxygens (including phenoxy) is 1. The summed E-state index contributed by atoms with van der Waals surface area (Å²) in [6.45, 7) is 4.06. The Morgan fingerprint density at radius 3 is 2.75 bits per heavy atom. The van der Waals surface area contributed by atoms with Gasteiger partial charge in [0, 0.05) is 35.1 Å². The molecule has 0 saturated carbocycles. The molecular formula is C24H25N3O4S. The van der Waals surface area contributed by atoms with Crippen LogP contribution in [0.2, 0.25) is 0 Å². The second kappa shape index (κ2) is 7.42. The molecular weight excluding hydrogens is 426 g/mol. The van der Waals surface area contributed by atoms with Crippen LogP contribution in [-0.2, 0) is 28.1 Å². The van der Waals surface area contributed by atoms with Crippen molar-refractivity contribution in [2.45, 2.75) is 50.2 Å². The molecule has 1 spiro atoms. The van der Waals surface area contributed by atoms with E-state index in [0.717, 1.165) is 43.8 Å². The highest BCUT2D eigenvalue weighted by Crippen LogP contribution is 2.49. The maximum Gasteiger partial charge on any atom is 0.255 e. The Balaban J connectivity index is 1.22. The van der Waals surface area contributed by atoms with Gasteiger partial charge in [0.15, 0.2) is 0 Å². The van der Waals surface area contributed by atoms with Crippen LogP contribution in [0.4, 0.5) is 0 Å². The topological polar surface area (TPSA) is 79.0 Å². The lowest BCUT2D eigenvalue weighted by molar-refractivity contribution is -0.136.